The van der Waals surface area contributed by atoms with Crippen LogP contribution in [-0.4, -0.2) is 23.4 Å². The number of anilines is 1. The van der Waals surface area contributed by atoms with Crippen LogP contribution in [0, 0.1) is 0 Å². The van der Waals surface area contributed by atoms with Crippen molar-refractivity contribution in [3.63, 3.8) is 0 Å². The molecule has 2 heterocycles. The molecule has 22 heavy (non-hydrogen) atoms. The number of hydrazone groups is 1. The minimum absolute atomic E-state index is 0.0840. The number of aromatic nitrogens is 1. The molecule has 3 rings (SSSR count). The Morgan fingerprint density at radius 2 is 2.23 bits per heavy atom. The number of hydrogen-bond donors (Lipinski definition) is 2. The molecule has 7 heteroatoms. The van der Waals surface area contributed by atoms with Crippen LogP contribution in [0.1, 0.15) is 5.56 Å². The zero-order valence-corrected chi connectivity index (χ0v) is 13.3. The zero-order chi connectivity index (χ0) is 15.4. The molecule has 2 aromatic heterocycles. The van der Waals surface area contributed by atoms with Crippen molar-refractivity contribution in [1.82, 2.24) is 4.98 Å². The lowest BCUT2D eigenvalue weighted by Gasteiger charge is -2.02. The number of hydrogen-bond acceptors (Lipinski definition) is 7. The summed E-state index contributed by atoms with van der Waals surface area (Å²) in [6, 6.07) is 9.12. The fourth-order valence-corrected chi connectivity index (χ4v) is 3.23. The van der Waals surface area contributed by atoms with Gasteiger partial charge in [-0.05, 0) is 35.2 Å². The highest BCUT2D eigenvalue weighted by Crippen LogP contribution is 2.28. The summed E-state index contributed by atoms with van der Waals surface area (Å²) >= 11 is 3.15. The number of benzene rings is 1. The lowest BCUT2D eigenvalue weighted by Crippen LogP contribution is -1.91. The van der Waals surface area contributed by atoms with Gasteiger partial charge in [0.15, 0.2) is 11.5 Å². The number of nitrogens with one attached hydrogen (secondary N) is 1. The first-order valence-electron chi connectivity index (χ1n) is 6.42. The van der Waals surface area contributed by atoms with E-state index in [1.165, 1.54) is 18.4 Å². The van der Waals surface area contributed by atoms with Gasteiger partial charge in [0.1, 0.15) is 0 Å². The Labute approximate surface area is 135 Å². The Hall–Kier alpha value is -2.38. The lowest BCUT2D eigenvalue weighted by atomic mass is 10.2. The fourth-order valence-electron chi connectivity index (χ4n) is 1.81. The molecule has 3 aromatic rings. The van der Waals surface area contributed by atoms with Crippen LogP contribution >= 0.6 is 22.7 Å². The molecule has 112 valence electrons. The van der Waals surface area contributed by atoms with E-state index < -0.39 is 0 Å². The Morgan fingerprint density at radius 1 is 1.32 bits per heavy atom. The summed E-state index contributed by atoms with van der Waals surface area (Å²) in [4.78, 5) is 5.60. The van der Waals surface area contributed by atoms with Crippen molar-refractivity contribution >= 4 is 34.0 Å². The van der Waals surface area contributed by atoms with E-state index in [1.807, 2.05) is 29.0 Å². The molecule has 0 radical (unpaired) electrons. The lowest BCUT2D eigenvalue weighted by molar-refractivity contribution is 0.373. The molecular formula is C15H13N3O2S2. The molecule has 0 atom stereocenters. The SMILES string of the molecule is COc1ccc(/C=N\Nc2nc(-c3cccs3)cs2)cc1O. The van der Waals surface area contributed by atoms with Crippen LogP contribution in [0.2, 0.25) is 0 Å². The molecule has 0 bridgehead atoms. The molecular weight excluding hydrogens is 318 g/mol. The number of thiazole rings is 1. The standard InChI is InChI=1S/C15H13N3O2S2/c1-20-13-5-4-10(7-12(13)19)8-16-18-15-17-11(9-22-15)14-3-2-6-21-14/h2-9,19H,1H3,(H,17,18)/b16-8-. The molecule has 0 aliphatic rings. The van der Waals surface area contributed by atoms with Crippen molar-refractivity contribution < 1.29 is 9.84 Å². The second-order valence-electron chi connectivity index (χ2n) is 4.32. The number of nitrogens with zero attached hydrogens (tertiary/aromatic N) is 2. The largest absolute Gasteiger partial charge is 0.504 e. The van der Waals surface area contributed by atoms with Gasteiger partial charge in [-0.15, -0.1) is 22.7 Å². The number of ether oxygens (including phenoxy) is 1. The van der Waals surface area contributed by atoms with Gasteiger partial charge in [-0.3, -0.25) is 5.43 Å². The van der Waals surface area contributed by atoms with Crippen molar-refractivity contribution in [2.24, 2.45) is 5.10 Å². The summed E-state index contributed by atoms with van der Waals surface area (Å²) < 4.78 is 4.99. The summed E-state index contributed by atoms with van der Waals surface area (Å²) in [7, 11) is 1.51. The number of rotatable bonds is 5. The molecule has 5 nitrogen and oxygen atoms in total. The van der Waals surface area contributed by atoms with Crippen molar-refractivity contribution in [1.29, 1.82) is 0 Å². The summed E-state index contributed by atoms with van der Waals surface area (Å²) in [6.45, 7) is 0. The second kappa shape index (κ2) is 6.59. The first-order valence-corrected chi connectivity index (χ1v) is 8.17. The fraction of sp³-hybridized carbons (Fsp3) is 0.0667. The van der Waals surface area contributed by atoms with Gasteiger partial charge in [0.05, 0.1) is 23.9 Å². The highest BCUT2D eigenvalue weighted by molar-refractivity contribution is 7.15. The Balaban J connectivity index is 1.66. The summed E-state index contributed by atoms with van der Waals surface area (Å²) in [5.41, 5.74) is 4.60. The predicted molar refractivity (Wildman–Crippen MR) is 91.3 cm³/mol. The molecule has 0 aliphatic carbocycles. The molecule has 0 saturated heterocycles. The van der Waals surface area contributed by atoms with E-state index in [0.29, 0.717) is 5.75 Å². The van der Waals surface area contributed by atoms with Crippen molar-refractivity contribution in [3.05, 3.63) is 46.7 Å². The molecule has 1 aromatic carbocycles. The third-order valence-corrected chi connectivity index (χ3v) is 4.49. The number of aromatic hydroxyl groups is 1. The van der Waals surface area contributed by atoms with Crippen molar-refractivity contribution in [2.75, 3.05) is 12.5 Å². The third kappa shape index (κ3) is 3.26. The van der Waals surface area contributed by atoms with Crippen LogP contribution in [-0.2, 0) is 0 Å². The van der Waals surface area contributed by atoms with Gasteiger partial charge < -0.3 is 9.84 Å². The van der Waals surface area contributed by atoms with Gasteiger partial charge in [-0.25, -0.2) is 4.98 Å². The normalized spacial score (nSPS) is 11.0. The number of phenolic OH excluding ortho intramolecular Hbond substituents is 1. The van der Waals surface area contributed by atoms with Crippen LogP contribution in [0.3, 0.4) is 0 Å². The molecule has 0 unspecified atom stereocenters. The molecule has 0 aliphatic heterocycles. The van der Waals surface area contributed by atoms with E-state index in [0.717, 1.165) is 21.3 Å². The minimum atomic E-state index is 0.0840. The van der Waals surface area contributed by atoms with Gasteiger partial charge in [0.2, 0.25) is 5.13 Å². The average Bonchev–Trinajstić information content (AvgIpc) is 3.18. The predicted octanol–water partition coefficient (Wildman–Crippen LogP) is 4.03. The molecule has 2 N–H and O–H groups in total. The van der Waals surface area contributed by atoms with Crippen LogP contribution in [0.5, 0.6) is 11.5 Å². The maximum Gasteiger partial charge on any atom is 0.203 e. The van der Waals surface area contributed by atoms with Crippen LogP contribution in [0.25, 0.3) is 10.6 Å². The van der Waals surface area contributed by atoms with E-state index in [1.54, 1.807) is 29.7 Å². The van der Waals surface area contributed by atoms with E-state index in [-0.39, 0.29) is 5.75 Å². The first-order chi connectivity index (χ1) is 10.8. The third-order valence-electron chi connectivity index (χ3n) is 2.85. The monoisotopic (exact) mass is 331 g/mol. The van der Waals surface area contributed by atoms with Crippen LogP contribution in [0.15, 0.2) is 46.2 Å². The summed E-state index contributed by atoms with van der Waals surface area (Å²) in [5, 5.41) is 18.6. The van der Waals surface area contributed by atoms with Crippen LogP contribution in [0.4, 0.5) is 5.13 Å². The molecule has 0 amide bonds. The summed E-state index contributed by atoms with van der Waals surface area (Å²) in [6.07, 6.45) is 1.62. The topological polar surface area (TPSA) is 66.7 Å². The maximum atomic E-state index is 9.70. The van der Waals surface area contributed by atoms with E-state index in [9.17, 15) is 5.11 Å². The average molecular weight is 331 g/mol. The van der Waals surface area contributed by atoms with E-state index >= 15 is 0 Å². The highest BCUT2D eigenvalue weighted by Gasteiger charge is 2.04. The first kappa shape index (κ1) is 14.6. The minimum Gasteiger partial charge on any atom is -0.504 e. The van der Waals surface area contributed by atoms with Gasteiger partial charge >= 0.3 is 0 Å². The molecule has 0 spiro atoms. The van der Waals surface area contributed by atoms with Crippen molar-refractivity contribution in [2.45, 2.75) is 0 Å². The molecule has 0 saturated carbocycles. The van der Waals surface area contributed by atoms with Crippen molar-refractivity contribution in [3.8, 4) is 22.1 Å². The number of phenols is 1. The smallest absolute Gasteiger partial charge is 0.203 e. The quantitative estimate of drug-likeness (QED) is 0.547. The molecule has 0 fully saturated rings. The Kier molecular flexibility index (Phi) is 4.36. The maximum absolute atomic E-state index is 9.70. The van der Waals surface area contributed by atoms with Crippen LogP contribution < -0.4 is 10.2 Å². The van der Waals surface area contributed by atoms with Gasteiger partial charge in [-0.2, -0.15) is 5.10 Å². The Morgan fingerprint density at radius 3 is 2.95 bits per heavy atom. The van der Waals surface area contributed by atoms with Gasteiger partial charge in [0, 0.05) is 5.38 Å². The van der Waals surface area contributed by atoms with E-state index in [2.05, 4.69) is 15.5 Å². The number of methoxy groups -OCH3 is 1. The van der Waals surface area contributed by atoms with Gasteiger partial charge in [-0.1, -0.05) is 6.07 Å². The second-order valence-corrected chi connectivity index (χ2v) is 6.12. The van der Waals surface area contributed by atoms with Gasteiger partial charge in [0.25, 0.3) is 0 Å². The zero-order valence-electron chi connectivity index (χ0n) is 11.7. The number of thiophene rings is 1. The van der Waals surface area contributed by atoms with E-state index in [4.69, 9.17) is 4.74 Å². The highest BCUT2D eigenvalue weighted by atomic mass is 32.1. The summed E-state index contributed by atoms with van der Waals surface area (Å²) in [5.74, 6) is 0.520. The Bertz CT molecular complexity index is 782.